The highest BCUT2D eigenvalue weighted by molar-refractivity contribution is 14.1. The maximum atomic E-state index is 12.4. The van der Waals surface area contributed by atoms with Crippen molar-refractivity contribution in [3.63, 3.8) is 0 Å². The minimum Gasteiger partial charge on any atom is -0.422 e. The zero-order valence-electron chi connectivity index (χ0n) is 13.1. The molecule has 0 bridgehead atoms. The molecule has 0 N–H and O–H groups in total. The van der Waals surface area contributed by atoms with Crippen molar-refractivity contribution in [1.29, 1.82) is 0 Å². The van der Waals surface area contributed by atoms with Gasteiger partial charge in [0.25, 0.3) is 0 Å². The second-order valence-electron chi connectivity index (χ2n) is 4.88. The second kappa shape index (κ2) is 8.10. The Morgan fingerprint density at radius 2 is 1.87 bits per heavy atom. The molecule has 2 aromatic carbocycles. The molecule has 0 saturated heterocycles. The first kappa shape index (κ1) is 17.5. The van der Waals surface area contributed by atoms with Crippen LogP contribution in [0, 0.1) is 3.57 Å². The molecule has 0 aliphatic carbocycles. The number of aldehydes is 1. The fourth-order valence-corrected chi connectivity index (χ4v) is 2.88. The van der Waals surface area contributed by atoms with Gasteiger partial charge in [0.1, 0.15) is 5.75 Å². The summed E-state index contributed by atoms with van der Waals surface area (Å²) in [6, 6.07) is 12.5. The molecule has 0 aliphatic heterocycles. The van der Waals surface area contributed by atoms with Crippen molar-refractivity contribution in [3.8, 4) is 5.75 Å². The van der Waals surface area contributed by atoms with Gasteiger partial charge in [-0.15, -0.1) is 0 Å². The number of hydrogen-bond acceptors (Lipinski definition) is 4. The Balaban J connectivity index is 2.34. The number of rotatable bonds is 6. The van der Waals surface area contributed by atoms with Crippen molar-refractivity contribution in [1.82, 2.24) is 0 Å². The second-order valence-corrected chi connectivity index (χ2v) is 6.04. The lowest BCUT2D eigenvalue weighted by atomic mass is 10.1. The van der Waals surface area contributed by atoms with Gasteiger partial charge in [-0.3, -0.25) is 4.79 Å². The summed E-state index contributed by atoms with van der Waals surface area (Å²) in [5.41, 5.74) is 1.77. The largest absolute Gasteiger partial charge is 0.422 e. The van der Waals surface area contributed by atoms with E-state index < -0.39 is 5.97 Å². The predicted molar refractivity (Wildman–Crippen MR) is 99.5 cm³/mol. The summed E-state index contributed by atoms with van der Waals surface area (Å²) in [7, 11) is 0. The standard InChI is InChI=1S/C18H18INO3/c1-3-20(4-2)14-10-9-13(12-21)17(11-14)23-18(22)15-7-5-6-8-16(15)19/h5-12H,3-4H2,1-2H3. The summed E-state index contributed by atoms with van der Waals surface area (Å²) >= 11 is 2.09. The van der Waals surface area contributed by atoms with Gasteiger partial charge in [-0.1, -0.05) is 12.1 Å². The first-order valence-electron chi connectivity index (χ1n) is 7.41. The van der Waals surface area contributed by atoms with Crippen LogP contribution >= 0.6 is 22.6 Å². The maximum Gasteiger partial charge on any atom is 0.344 e. The Hall–Kier alpha value is -1.89. The minimum atomic E-state index is -0.463. The Bertz CT molecular complexity index is 711. The van der Waals surface area contributed by atoms with Gasteiger partial charge in [0, 0.05) is 28.4 Å². The van der Waals surface area contributed by atoms with Crippen LogP contribution in [0.1, 0.15) is 34.6 Å². The molecule has 0 aliphatic rings. The summed E-state index contributed by atoms with van der Waals surface area (Å²) in [5, 5.41) is 0. The number of halogens is 1. The lowest BCUT2D eigenvalue weighted by Gasteiger charge is -2.22. The summed E-state index contributed by atoms with van der Waals surface area (Å²) in [5.74, 6) is -0.177. The molecule has 23 heavy (non-hydrogen) atoms. The fourth-order valence-electron chi connectivity index (χ4n) is 2.28. The Labute approximate surface area is 149 Å². The predicted octanol–water partition coefficient (Wildman–Crippen LogP) is 4.17. The summed E-state index contributed by atoms with van der Waals surface area (Å²) < 4.78 is 6.29. The molecule has 120 valence electrons. The molecule has 0 fully saturated rings. The van der Waals surface area contributed by atoms with E-state index in [-0.39, 0.29) is 5.75 Å². The topological polar surface area (TPSA) is 46.6 Å². The maximum absolute atomic E-state index is 12.4. The van der Waals surface area contributed by atoms with Crippen LogP contribution in [0.3, 0.4) is 0 Å². The van der Waals surface area contributed by atoms with Gasteiger partial charge in [0.05, 0.1) is 11.1 Å². The van der Waals surface area contributed by atoms with Gasteiger partial charge in [0.15, 0.2) is 6.29 Å². The van der Waals surface area contributed by atoms with E-state index in [9.17, 15) is 9.59 Å². The van der Waals surface area contributed by atoms with E-state index in [1.165, 1.54) is 0 Å². The van der Waals surface area contributed by atoms with Crippen molar-refractivity contribution in [3.05, 3.63) is 57.2 Å². The molecule has 0 amide bonds. The highest BCUT2D eigenvalue weighted by atomic mass is 127. The van der Waals surface area contributed by atoms with Crippen LogP contribution in [-0.4, -0.2) is 25.3 Å². The van der Waals surface area contributed by atoms with E-state index in [1.54, 1.807) is 24.3 Å². The number of anilines is 1. The van der Waals surface area contributed by atoms with Crippen LogP contribution in [0.5, 0.6) is 5.75 Å². The van der Waals surface area contributed by atoms with Gasteiger partial charge in [-0.05, 0) is 60.7 Å². The molecular formula is C18H18INO3. The molecule has 2 rings (SSSR count). The third-order valence-electron chi connectivity index (χ3n) is 3.55. The van der Waals surface area contributed by atoms with Crippen LogP contribution in [0.15, 0.2) is 42.5 Å². The lowest BCUT2D eigenvalue weighted by Crippen LogP contribution is -2.22. The number of nitrogens with zero attached hydrogens (tertiary/aromatic N) is 1. The molecule has 0 saturated carbocycles. The number of carbonyl (C=O) groups excluding carboxylic acids is 2. The molecule has 0 radical (unpaired) electrons. The normalized spacial score (nSPS) is 10.2. The number of benzene rings is 2. The first-order chi connectivity index (χ1) is 11.1. The van der Waals surface area contributed by atoms with Gasteiger partial charge in [0.2, 0.25) is 0 Å². The average molecular weight is 423 g/mol. The SMILES string of the molecule is CCN(CC)c1ccc(C=O)c(OC(=O)c2ccccc2I)c1. The monoisotopic (exact) mass is 423 g/mol. The zero-order chi connectivity index (χ0) is 16.8. The van der Waals surface area contributed by atoms with Crippen molar-refractivity contribution < 1.29 is 14.3 Å². The smallest absolute Gasteiger partial charge is 0.344 e. The fraction of sp³-hybridized carbons (Fsp3) is 0.222. The molecule has 0 unspecified atom stereocenters. The van der Waals surface area contributed by atoms with Crippen LogP contribution < -0.4 is 9.64 Å². The van der Waals surface area contributed by atoms with Crippen LogP contribution in [-0.2, 0) is 0 Å². The molecule has 0 heterocycles. The Morgan fingerprint density at radius 3 is 2.48 bits per heavy atom. The molecule has 5 heteroatoms. The number of esters is 1. The molecule has 0 spiro atoms. The first-order valence-corrected chi connectivity index (χ1v) is 8.49. The van der Waals surface area contributed by atoms with E-state index >= 15 is 0 Å². The quantitative estimate of drug-likeness (QED) is 0.303. The highest BCUT2D eigenvalue weighted by Crippen LogP contribution is 2.26. The number of hydrogen-bond donors (Lipinski definition) is 0. The van der Waals surface area contributed by atoms with E-state index in [4.69, 9.17) is 4.74 Å². The van der Waals surface area contributed by atoms with E-state index in [1.807, 2.05) is 18.2 Å². The van der Waals surface area contributed by atoms with Crippen LogP contribution in [0.2, 0.25) is 0 Å². The van der Waals surface area contributed by atoms with Crippen LogP contribution in [0.25, 0.3) is 0 Å². The van der Waals surface area contributed by atoms with Crippen molar-refractivity contribution in [2.75, 3.05) is 18.0 Å². The molecule has 2 aromatic rings. The van der Waals surface area contributed by atoms with E-state index in [2.05, 4.69) is 41.3 Å². The summed E-state index contributed by atoms with van der Waals surface area (Å²) in [6.07, 6.45) is 0.699. The van der Waals surface area contributed by atoms with Crippen molar-refractivity contribution in [2.24, 2.45) is 0 Å². The molecule has 0 aromatic heterocycles. The van der Waals surface area contributed by atoms with Crippen molar-refractivity contribution >= 4 is 40.5 Å². The molecular weight excluding hydrogens is 405 g/mol. The lowest BCUT2D eigenvalue weighted by molar-refractivity contribution is 0.0732. The Morgan fingerprint density at radius 1 is 1.17 bits per heavy atom. The number of carbonyl (C=O) groups is 2. The number of ether oxygens (including phenoxy) is 1. The highest BCUT2D eigenvalue weighted by Gasteiger charge is 2.15. The third-order valence-corrected chi connectivity index (χ3v) is 4.49. The zero-order valence-corrected chi connectivity index (χ0v) is 15.2. The molecule has 0 atom stereocenters. The summed E-state index contributed by atoms with van der Waals surface area (Å²) in [6.45, 7) is 5.77. The van der Waals surface area contributed by atoms with Gasteiger partial charge in [-0.25, -0.2) is 4.79 Å². The average Bonchev–Trinajstić information content (AvgIpc) is 2.56. The van der Waals surface area contributed by atoms with Crippen LogP contribution in [0.4, 0.5) is 5.69 Å². The van der Waals surface area contributed by atoms with Gasteiger partial charge < -0.3 is 9.64 Å². The van der Waals surface area contributed by atoms with Crippen molar-refractivity contribution in [2.45, 2.75) is 13.8 Å². The Kier molecular flexibility index (Phi) is 6.15. The minimum absolute atomic E-state index is 0.286. The summed E-state index contributed by atoms with van der Waals surface area (Å²) in [4.78, 5) is 25.7. The van der Waals surface area contributed by atoms with E-state index in [0.717, 1.165) is 22.3 Å². The molecule has 4 nitrogen and oxygen atoms in total. The van der Waals surface area contributed by atoms with E-state index in [0.29, 0.717) is 17.4 Å². The third kappa shape index (κ3) is 4.10. The van der Waals surface area contributed by atoms with Gasteiger partial charge in [-0.2, -0.15) is 0 Å². The van der Waals surface area contributed by atoms with Gasteiger partial charge >= 0.3 is 5.97 Å².